The Morgan fingerprint density at radius 1 is 1.14 bits per heavy atom. The van der Waals surface area contributed by atoms with E-state index < -0.39 is 0 Å². The van der Waals surface area contributed by atoms with Crippen molar-refractivity contribution in [2.45, 2.75) is 40.0 Å². The molecular formula is C17H23N3O. The van der Waals surface area contributed by atoms with E-state index >= 15 is 0 Å². The van der Waals surface area contributed by atoms with Crippen LogP contribution in [0.3, 0.4) is 0 Å². The molecule has 0 atom stereocenters. The summed E-state index contributed by atoms with van der Waals surface area (Å²) in [6.07, 6.45) is 0. The SMILES string of the molecule is CCNc1cc(Oc2cccc(C)c2)nc(C(C)(C)C)n1. The van der Waals surface area contributed by atoms with Gasteiger partial charge >= 0.3 is 0 Å². The molecule has 21 heavy (non-hydrogen) atoms. The maximum atomic E-state index is 5.89. The van der Waals surface area contributed by atoms with Gasteiger partial charge in [0.05, 0.1) is 0 Å². The molecule has 0 spiro atoms. The molecule has 1 heterocycles. The van der Waals surface area contributed by atoms with E-state index in [1.54, 1.807) is 0 Å². The minimum atomic E-state index is -0.129. The molecule has 2 rings (SSSR count). The lowest BCUT2D eigenvalue weighted by Gasteiger charge is -2.18. The van der Waals surface area contributed by atoms with E-state index in [9.17, 15) is 0 Å². The van der Waals surface area contributed by atoms with E-state index in [4.69, 9.17) is 4.74 Å². The molecule has 0 fully saturated rings. The number of aryl methyl sites for hydroxylation is 1. The van der Waals surface area contributed by atoms with Gasteiger partial charge in [-0.2, -0.15) is 4.98 Å². The van der Waals surface area contributed by atoms with Gasteiger partial charge < -0.3 is 10.1 Å². The van der Waals surface area contributed by atoms with Crippen LogP contribution in [-0.2, 0) is 5.41 Å². The number of aromatic nitrogens is 2. The second-order valence-corrected chi connectivity index (χ2v) is 6.11. The van der Waals surface area contributed by atoms with Crippen LogP contribution >= 0.6 is 0 Å². The average molecular weight is 285 g/mol. The Morgan fingerprint density at radius 3 is 2.52 bits per heavy atom. The fourth-order valence-corrected chi connectivity index (χ4v) is 1.88. The third kappa shape index (κ3) is 4.18. The van der Waals surface area contributed by atoms with Gasteiger partial charge in [-0.25, -0.2) is 4.98 Å². The molecule has 2 aromatic rings. The van der Waals surface area contributed by atoms with Crippen molar-refractivity contribution < 1.29 is 4.74 Å². The van der Waals surface area contributed by atoms with Crippen molar-refractivity contribution >= 4 is 5.82 Å². The Hall–Kier alpha value is -2.10. The first kappa shape index (κ1) is 15.3. The number of nitrogens with zero attached hydrogens (tertiary/aromatic N) is 2. The molecule has 1 N–H and O–H groups in total. The van der Waals surface area contributed by atoms with E-state index in [2.05, 4.69) is 36.1 Å². The van der Waals surface area contributed by atoms with Crippen molar-refractivity contribution in [3.8, 4) is 11.6 Å². The molecule has 0 unspecified atom stereocenters. The maximum absolute atomic E-state index is 5.89. The van der Waals surface area contributed by atoms with Gasteiger partial charge in [-0.15, -0.1) is 0 Å². The molecule has 0 amide bonds. The quantitative estimate of drug-likeness (QED) is 0.909. The zero-order chi connectivity index (χ0) is 15.5. The summed E-state index contributed by atoms with van der Waals surface area (Å²) in [5.41, 5.74) is 1.03. The molecule has 0 bridgehead atoms. The first-order valence-electron chi connectivity index (χ1n) is 7.26. The highest BCUT2D eigenvalue weighted by molar-refractivity contribution is 5.41. The van der Waals surface area contributed by atoms with Crippen LogP contribution in [0.1, 0.15) is 39.1 Å². The van der Waals surface area contributed by atoms with Crippen LogP contribution in [0.25, 0.3) is 0 Å². The Bertz CT molecular complexity index is 618. The monoisotopic (exact) mass is 285 g/mol. The van der Waals surface area contributed by atoms with Crippen molar-refractivity contribution in [3.05, 3.63) is 41.7 Å². The molecule has 0 saturated heterocycles. The molecule has 1 aromatic carbocycles. The number of ether oxygens (including phenoxy) is 1. The minimum absolute atomic E-state index is 0.129. The number of rotatable bonds is 4. The topological polar surface area (TPSA) is 47.0 Å². The van der Waals surface area contributed by atoms with Gasteiger partial charge in [-0.3, -0.25) is 0 Å². The van der Waals surface area contributed by atoms with Crippen LogP contribution in [0.2, 0.25) is 0 Å². The predicted molar refractivity (Wildman–Crippen MR) is 86.1 cm³/mol. The molecule has 0 aliphatic rings. The first-order chi connectivity index (χ1) is 9.88. The van der Waals surface area contributed by atoms with E-state index in [1.807, 2.05) is 44.2 Å². The van der Waals surface area contributed by atoms with E-state index in [-0.39, 0.29) is 5.41 Å². The lowest BCUT2D eigenvalue weighted by Crippen LogP contribution is -2.17. The number of hydrogen-bond acceptors (Lipinski definition) is 4. The smallest absolute Gasteiger partial charge is 0.224 e. The molecule has 0 radical (unpaired) electrons. The van der Waals surface area contributed by atoms with Gasteiger partial charge in [-0.1, -0.05) is 32.9 Å². The van der Waals surface area contributed by atoms with Gasteiger partial charge in [0.1, 0.15) is 17.4 Å². The summed E-state index contributed by atoms with van der Waals surface area (Å²) in [7, 11) is 0. The molecule has 1 aromatic heterocycles. The highest BCUT2D eigenvalue weighted by Gasteiger charge is 2.19. The minimum Gasteiger partial charge on any atom is -0.439 e. The zero-order valence-electron chi connectivity index (χ0n) is 13.4. The summed E-state index contributed by atoms with van der Waals surface area (Å²) >= 11 is 0. The largest absolute Gasteiger partial charge is 0.439 e. The number of benzene rings is 1. The molecule has 0 saturated carbocycles. The summed E-state index contributed by atoms with van der Waals surface area (Å²) in [6, 6.07) is 9.77. The highest BCUT2D eigenvalue weighted by atomic mass is 16.5. The molecular weight excluding hydrogens is 262 g/mol. The summed E-state index contributed by atoms with van der Waals surface area (Å²) in [4.78, 5) is 9.09. The Labute approximate surface area is 126 Å². The summed E-state index contributed by atoms with van der Waals surface area (Å²) in [5.74, 6) is 2.91. The second-order valence-electron chi connectivity index (χ2n) is 6.11. The zero-order valence-corrected chi connectivity index (χ0v) is 13.4. The van der Waals surface area contributed by atoms with Crippen molar-refractivity contribution in [2.75, 3.05) is 11.9 Å². The Morgan fingerprint density at radius 2 is 1.90 bits per heavy atom. The first-order valence-corrected chi connectivity index (χ1v) is 7.26. The van der Waals surface area contributed by atoms with Crippen LogP contribution in [0.4, 0.5) is 5.82 Å². The number of anilines is 1. The van der Waals surface area contributed by atoms with Crippen molar-refractivity contribution in [3.63, 3.8) is 0 Å². The summed E-state index contributed by atoms with van der Waals surface area (Å²) in [5, 5.41) is 3.23. The number of nitrogens with one attached hydrogen (secondary N) is 1. The standard InChI is InChI=1S/C17H23N3O/c1-6-18-14-11-15(20-16(19-14)17(3,4)5)21-13-9-7-8-12(2)10-13/h7-11H,6H2,1-5H3,(H,18,19,20). The van der Waals surface area contributed by atoms with Crippen molar-refractivity contribution in [1.82, 2.24) is 9.97 Å². The Balaban J connectivity index is 2.35. The van der Waals surface area contributed by atoms with Crippen LogP contribution in [-0.4, -0.2) is 16.5 Å². The third-order valence-corrected chi connectivity index (χ3v) is 2.94. The lowest BCUT2D eigenvalue weighted by molar-refractivity contribution is 0.446. The molecule has 0 aliphatic heterocycles. The highest BCUT2D eigenvalue weighted by Crippen LogP contribution is 2.26. The van der Waals surface area contributed by atoms with Crippen LogP contribution in [0.15, 0.2) is 30.3 Å². The van der Waals surface area contributed by atoms with Crippen molar-refractivity contribution in [2.24, 2.45) is 0 Å². The van der Waals surface area contributed by atoms with Crippen LogP contribution in [0.5, 0.6) is 11.6 Å². The maximum Gasteiger partial charge on any atom is 0.224 e. The molecule has 0 aliphatic carbocycles. The van der Waals surface area contributed by atoms with Crippen molar-refractivity contribution in [1.29, 1.82) is 0 Å². The predicted octanol–water partition coefficient (Wildman–Crippen LogP) is 4.31. The normalized spacial score (nSPS) is 11.3. The van der Waals surface area contributed by atoms with Crippen LogP contribution in [0, 0.1) is 6.92 Å². The second kappa shape index (κ2) is 6.12. The number of hydrogen-bond donors (Lipinski definition) is 1. The summed E-state index contributed by atoms with van der Waals surface area (Å²) in [6.45, 7) is 11.2. The molecule has 112 valence electrons. The van der Waals surface area contributed by atoms with Gasteiger partial charge in [0, 0.05) is 18.0 Å². The van der Waals surface area contributed by atoms with E-state index in [0.717, 1.165) is 29.5 Å². The van der Waals surface area contributed by atoms with Gasteiger partial charge in [0.2, 0.25) is 5.88 Å². The lowest BCUT2D eigenvalue weighted by atomic mass is 9.96. The van der Waals surface area contributed by atoms with E-state index in [0.29, 0.717) is 5.88 Å². The summed E-state index contributed by atoms with van der Waals surface area (Å²) < 4.78 is 5.89. The van der Waals surface area contributed by atoms with Crippen LogP contribution < -0.4 is 10.1 Å². The van der Waals surface area contributed by atoms with Gasteiger partial charge in [-0.05, 0) is 31.5 Å². The molecule has 4 nitrogen and oxygen atoms in total. The average Bonchev–Trinajstić information content (AvgIpc) is 2.37. The Kier molecular flexibility index (Phi) is 4.46. The van der Waals surface area contributed by atoms with Gasteiger partial charge in [0.15, 0.2) is 0 Å². The molecule has 4 heteroatoms. The third-order valence-electron chi connectivity index (χ3n) is 2.94. The fourth-order valence-electron chi connectivity index (χ4n) is 1.88. The van der Waals surface area contributed by atoms with Gasteiger partial charge in [0.25, 0.3) is 0 Å². The fraction of sp³-hybridized carbons (Fsp3) is 0.412. The van der Waals surface area contributed by atoms with E-state index in [1.165, 1.54) is 0 Å².